The number of nitrogens with zero attached hydrogens (tertiary/aromatic N) is 5. The topological polar surface area (TPSA) is 68.5 Å². The van der Waals surface area contributed by atoms with Gasteiger partial charge in [-0.05, 0) is 37.3 Å². The predicted molar refractivity (Wildman–Crippen MR) is 123 cm³/mol. The normalized spacial score (nSPS) is 16.9. The molecule has 1 fully saturated rings. The van der Waals surface area contributed by atoms with E-state index in [1.165, 1.54) is 32.1 Å². The van der Waals surface area contributed by atoms with Crippen molar-refractivity contribution in [1.82, 2.24) is 24.7 Å². The maximum atomic E-state index is 4.56. The van der Waals surface area contributed by atoms with Gasteiger partial charge in [0.2, 0.25) is 5.95 Å². The number of nitrogens with one attached hydrogen (secondary N) is 1. The summed E-state index contributed by atoms with van der Waals surface area (Å²) in [5.74, 6) is 2.90. The van der Waals surface area contributed by atoms with Crippen molar-refractivity contribution >= 4 is 17.9 Å². The summed E-state index contributed by atoms with van der Waals surface area (Å²) in [4.78, 5) is 9.01. The van der Waals surface area contributed by atoms with Crippen LogP contribution in [0.3, 0.4) is 0 Å². The van der Waals surface area contributed by atoms with Gasteiger partial charge in [0, 0.05) is 35.2 Å². The van der Waals surface area contributed by atoms with Crippen LogP contribution in [0.15, 0.2) is 42.7 Å². The lowest BCUT2D eigenvalue weighted by Crippen LogP contribution is -2.18. The Balaban J connectivity index is 1.53. The number of aryl methyl sites for hydroxylation is 1. The van der Waals surface area contributed by atoms with E-state index in [0.717, 1.165) is 28.7 Å². The summed E-state index contributed by atoms with van der Waals surface area (Å²) in [6.45, 7) is 6.38. The van der Waals surface area contributed by atoms with E-state index < -0.39 is 0 Å². The van der Waals surface area contributed by atoms with Crippen molar-refractivity contribution in [3.05, 3.63) is 54.1 Å². The molecule has 30 heavy (non-hydrogen) atoms. The molecule has 1 saturated carbocycles. The summed E-state index contributed by atoms with van der Waals surface area (Å²) in [6.07, 6.45) is 9.98. The Morgan fingerprint density at radius 1 is 1.00 bits per heavy atom. The molecule has 1 aliphatic carbocycles. The Labute approximate surface area is 183 Å². The van der Waals surface area contributed by atoms with Crippen LogP contribution in [0.1, 0.15) is 69.3 Å². The van der Waals surface area contributed by atoms with Crippen molar-refractivity contribution in [2.24, 2.45) is 0 Å². The highest BCUT2D eigenvalue weighted by molar-refractivity contribution is 8.01. The Kier molecular flexibility index (Phi) is 6.67. The molecule has 0 bridgehead atoms. The molecule has 0 amide bonds. The van der Waals surface area contributed by atoms with Crippen molar-refractivity contribution < 1.29 is 0 Å². The molecule has 1 aromatic carbocycles. The number of aromatic nitrogens is 5. The van der Waals surface area contributed by atoms with Crippen LogP contribution in [0.2, 0.25) is 0 Å². The number of hydrogen-bond donors (Lipinski definition) is 1. The van der Waals surface area contributed by atoms with Gasteiger partial charge in [0.15, 0.2) is 5.82 Å². The summed E-state index contributed by atoms with van der Waals surface area (Å²) >= 11 is 1.67. The Bertz CT molecular complexity index is 934. The highest BCUT2D eigenvalue weighted by atomic mass is 32.2. The number of benzene rings is 1. The molecule has 6 nitrogen and oxygen atoms in total. The average molecular weight is 423 g/mol. The fourth-order valence-corrected chi connectivity index (χ4v) is 4.68. The minimum atomic E-state index is 0.225. The first kappa shape index (κ1) is 20.8. The maximum absolute atomic E-state index is 4.56. The molecule has 2 unspecified atom stereocenters. The van der Waals surface area contributed by atoms with Crippen molar-refractivity contribution in [3.63, 3.8) is 0 Å². The lowest BCUT2D eigenvalue weighted by Gasteiger charge is -2.26. The third-order valence-electron chi connectivity index (χ3n) is 5.92. The van der Waals surface area contributed by atoms with Gasteiger partial charge in [-0.1, -0.05) is 63.4 Å². The van der Waals surface area contributed by atoms with Crippen molar-refractivity contribution in [2.45, 2.75) is 70.1 Å². The van der Waals surface area contributed by atoms with E-state index >= 15 is 0 Å². The van der Waals surface area contributed by atoms with Crippen LogP contribution < -0.4 is 4.72 Å². The average Bonchev–Trinajstić information content (AvgIpc) is 3.22. The second-order valence-corrected chi connectivity index (χ2v) is 9.39. The minimum Gasteiger partial charge on any atom is -0.298 e. The second-order valence-electron chi connectivity index (χ2n) is 8.21. The smallest absolute Gasteiger partial charge is 0.235 e. The fraction of sp³-hybridized carbons (Fsp3) is 0.478. The van der Waals surface area contributed by atoms with Crippen LogP contribution in [0.5, 0.6) is 0 Å². The van der Waals surface area contributed by atoms with Gasteiger partial charge in [-0.3, -0.25) is 9.29 Å². The quantitative estimate of drug-likeness (QED) is 0.485. The van der Waals surface area contributed by atoms with Gasteiger partial charge in [-0.25, -0.2) is 9.97 Å². The van der Waals surface area contributed by atoms with Gasteiger partial charge in [-0.2, -0.15) is 0 Å². The Hall–Kier alpha value is -2.41. The first-order valence-corrected chi connectivity index (χ1v) is 11.7. The van der Waals surface area contributed by atoms with Gasteiger partial charge in [0.05, 0.1) is 0 Å². The number of anilines is 1. The van der Waals surface area contributed by atoms with Crippen LogP contribution in [0.25, 0.3) is 11.4 Å². The zero-order chi connectivity index (χ0) is 20.9. The summed E-state index contributed by atoms with van der Waals surface area (Å²) < 4.78 is 5.83. The number of hydrogen-bond acceptors (Lipinski definition) is 6. The SMILES string of the molecule is Cc1cnc(C(C)C(C)SNc2nnc(-c3ccccc3)n2C2CCCCC2)nc1. The van der Waals surface area contributed by atoms with Crippen molar-refractivity contribution in [2.75, 3.05) is 4.72 Å². The van der Waals surface area contributed by atoms with Crippen molar-refractivity contribution in [3.8, 4) is 11.4 Å². The molecule has 1 N–H and O–H groups in total. The lowest BCUT2D eigenvalue weighted by molar-refractivity contribution is 0.358. The first-order valence-electron chi connectivity index (χ1n) is 10.8. The van der Waals surface area contributed by atoms with Gasteiger partial charge in [-0.15, -0.1) is 10.2 Å². The molecule has 158 valence electrons. The molecular formula is C23H30N6S. The Morgan fingerprint density at radius 2 is 1.70 bits per heavy atom. The molecule has 2 aromatic heterocycles. The molecule has 4 rings (SSSR count). The van der Waals surface area contributed by atoms with Crippen LogP contribution in [-0.2, 0) is 0 Å². The van der Waals surface area contributed by atoms with E-state index in [2.05, 4.69) is 67.6 Å². The van der Waals surface area contributed by atoms with E-state index in [1.54, 1.807) is 11.9 Å². The largest absolute Gasteiger partial charge is 0.298 e. The van der Waals surface area contributed by atoms with Gasteiger partial charge >= 0.3 is 0 Å². The monoisotopic (exact) mass is 422 g/mol. The summed E-state index contributed by atoms with van der Waals surface area (Å²) in [6, 6.07) is 10.8. The van der Waals surface area contributed by atoms with Crippen LogP contribution in [-0.4, -0.2) is 30.0 Å². The molecule has 0 spiro atoms. The van der Waals surface area contributed by atoms with E-state index in [1.807, 2.05) is 25.4 Å². The maximum Gasteiger partial charge on any atom is 0.235 e. The molecule has 1 aliphatic rings. The first-order chi connectivity index (χ1) is 14.6. The molecule has 2 atom stereocenters. The van der Waals surface area contributed by atoms with Crippen LogP contribution in [0, 0.1) is 6.92 Å². The Morgan fingerprint density at radius 3 is 2.40 bits per heavy atom. The molecule has 0 aliphatic heterocycles. The summed E-state index contributed by atoms with van der Waals surface area (Å²) in [5.41, 5.74) is 2.20. The van der Waals surface area contributed by atoms with E-state index in [0.29, 0.717) is 6.04 Å². The summed E-state index contributed by atoms with van der Waals surface area (Å²) in [7, 11) is 0. The fourth-order valence-electron chi connectivity index (χ4n) is 3.93. The van der Waals surface area contributed by atoms with Gasteiger partial charge in [0.1, 0.15) is 5.82 Å². The summed E-state index contributed by atoms with van der Waals surface area (Å²) in [5, 5.41) is 9.38. The van der Waals surface area contributed by atoms with Crippen molar-refractivity contribution in [1.29, 1.82) is 0 Å². The van der Waals surface area contributed by atoms with Crippen LogP contribution >= 0.6 is 11.9 Å². The lowest BCUT2D eigenvalue weighted by atomic mass is 9.95. The molecule has 7 heteroatoms. The van der Waals surface area contributed by atoms with Crippen LogP contribution in [0.4, 0.5) is 5.95 Å². The van der Waals surface area contributed by atoms with Gasteiger partial charge < -0.3 is 0 Å². The van der Waals surface area contributed by atoms with E-state index in [-0.39, 0.29) is 11.2 Å². The van der Waals surface area contributed by atoms with E-state index in [9.17, 15) is 0 Å². The third-order valence-corrected chi connectivity index (χ3v) is 7.00. The molecule has 3 aromatic rings. The zero-order valence-electron chi connectivity index (χ0n) is 18.0. The zero-order valence-corrected chi connectivity index (χ0v) is 18.8. The highest BCUT2D eigenvalue weighted by Gasteiger charge is 2.25. The second kappa shape index (κ2) is 9.60. The third kappa shape index (κ3) is 4.67. The highest BCUT2D eigenvalue weighted by Crippen LogP contribution is 2.36. The minimum absolute atomic E-state index is 0.225. The molecule has 2 heterocycles. The standard InChI is InChI=1S/C23H30N6S/c1-16-14-24-21(25-15-16)17(2)18(3)30-28-23-27-26-22(19-10-6-4-7-11-19)29(23)20-12-8-5-9-13-20/h4,6-7,10-11,14-15,17-18,20H,5,8-9,12-13H2,1-3H3,(H,27,28). The predicted octanol–water partition coefficient (Wildman–Crippen LogP) is 5.80. The molecule has 0 radical (unpaired) electrons. The molecule has 0 saturated heterocycles. The van der Waals surface area contributed by atoms with Gasteiger partial charge in [0.25, 0.3) is 0 Å². The number of rotatable bonds is 7. The molecular weight excluding hydrogens is 392 g/mol. The van der Waals surface area contributed by atoms with E-state index in [4.69, 9.17) is 0 Å².